The van der Waals surface area contributed by atoms with Crippen molar-refractivity contribution in [3.63, 3.8) is 0 Å². The molecule has 136 valence electrons. The van der Waals surface area contributed by atoms with Crippen molar-refractivity contribution in [3.05, 3.63) is 30.3 Å². The van der Waals surface area contributed by atoms with Crippen LogP contribution in [0.3, 0.4) is 0 Å². The van der Waals surface area contributed by atoms with E-state index in [-0.39, 0.29) is 36.2 Å². The molecule has 1 saturated heterocycles. The molecule has 0 aliphatic carbocycles. The number of amides is 1. The second-order valence-electron chi connectivity index (χ2n) is 5.40. The van der Waals surface area contributed by atoms with Gasteiger partial charge in [0, 0.05) is 52.2 Å². The molecule has 0 radical (unpaired) electrons. The standard InChI is InChI=1S/C15H24N4O3S.ClH/c20-15(17-10-13-19-11-8-16-9-12-19)6-7-18-23(21,22)14-4-2-1-3-5-14;/h1-5,16,18H,6-13H2,(H,17,20);1H. The highest BCUT2D eigenvalue weighted by Crippen LogP contribution is 2.06. The van der Waals surface area contributed by atoms with Crippen molar-refractivity contribution in [2.24, 2.45) is 0 Å². The molecule has 2 rings (SSSR count). The fourth-order valence-electron chi connectivity index (χ4n) is 2.36. The van der Waals surface area contributed by atoms with Crippen molar-refractivity contribution in [1.29, 1.82) is 0 Å². The quantitative estimate of drug-likeness (QED) is 0.584. The summed E-state index contributed by atoms with van der Waals surface area (Å²) in [5.74, 6) is -0.143. The first-order valence-electron chi connectivity index (χ1n) is 7.82. The lowest BCUT2D eigenvalue weighted by Crippen LogP contribution is -2.46. The zero-order valence-corrected chi connectivity index (χ0v) is 15.2. The summed E-state index contributed by atoms with van der Waals surface area (Å²) in [5, 5.41) is 6.10. The minimum Gasteiger partial charge on any atom is -0.355 e. The van der Waals surface area contributed by atoms with Crippen molar-refractivity contribution in [2.45, 2.75) is 11.3 Å². The number of benzene rings is 1. The summed E-state index contributed by atoms with van der Waals surface area (Å²) in [7, 11) is -3.54. The lowest BCUT2D eigenvalue weighted by atomic mass is 10.3. The van der Waals surface area contributed by atoms with Gasteiger partial charge in [0.1, 0.15) is 0 Å². The van der Waals surface area contributed by atoms with Gasteiger partial charge in [-0.25, -0.2) is 13.1 Å². The van der Waals surface area contributed by atoms with Gasteiger partial charge < -0.3 is 10.6 Å². The Morgan fingerprint density at radius 1 is 1.12 bits per heavy atom. The number of hydrogen-bond donors (Lipinski definition) is 3. The van der Waals surface area contributed by atoms with Gasteiger partial charge in [-0.1, -0.05) is 18.2 Å². The third-order valence-electron chi connectivity index (χ3n) is 3.66. The molecule has 1 aliphatic heterocycles. The maximum Gasteiger partial charge on any atom is 0.240 e. The molecule has 0 unspecified atom stereocenters. The van der Waals surface area contributed by atoms with Crippen LogP contribution in [0.1, 0.15) is 6.42 Å². The number of carbonyl (C=O) groups excluding carboxylic acids is 1. The molecular weight excluding hydrogens is 352 g/mol. The monoisotopic (exact) mass is 376 g/mol. The molecular formula is C15H25ClN4O3S. The SMILES string of the molecule is Cl.O=C(CCNS(=O)(=O)c1ccccc1)NCCN1CCNCC1. The topological polar surface area (TPSA) is 90.5 Å². The zero-order chi connectivity index (χ0) is 16.5. The highest BCUT2D eigenvalue weighted by molar-refractivity contribution is 7.89. The summed E-state index contributed by atoms with van der Waals surface area (Å²) in [5.41, 5.74) is 0. The molecule has 0 aromatic heterocycles. The second kappa shape index (κ2) is 10.6. The number of sulfonamides is 1. The number of hydrogen-bond acceptors (Lipinski definition) is 5. The lowest BCUT2D eigenvalue weighted by molar-refractivity contribution is -0.120. The molecule has 1 heterocycles. The normalized spacial score (nSPS) is 15.5. The van der Waals surface area contributed by atoms with Gasteiger partial charge in [0.15, 0.2) is 0 Å². The maximum atomic E-state index is 12.0. The molecule has 3 N–H and O–H groups in total. The van der Waals surface area contributed by atoms with Gasteiger partial charge >= 0.3 is 0 Å². The molecule has 1 aliphatic rings. The van der Waals surface area contributed by atoms with Crippen LogP contribution < -0.4 is 15.4 Å². The molecule has 0 atom stereocenters. The minimum atomic E-state index is -3.54. The van der Waals surface area contributed by atoms with E-state index in [9.17, 15) is 13.2 Å². The third-order valence-corrected chi connectivity index (χ3v) is 5.13. The van der Waals surface area contributed by atoms with Crippen molar-refractivity contribution in [3.8, 4) is 0 Å². The van der Waals surface area contributed by atoms with Crippen molar-refractivity contribution >= 4 is 28.3 Å². The van der Waals surface area contributed by atoms with Crippen LogP contribution in [0.2, 0.25) is 0 Å². The third kappa shape index (κ3) is 7.14. The van der Waals surface area contributed by atoms with Crippen LogP contribution >= 0.6 is 12.4 Å². The van der Waals surface area contributed by atoms with Gasteiger partial charge in [0.2, 0.25) is 15.9 Å². The molecule has 1 fully saturated rings. The van der Waals surface area contributed by atoms with Crippen LogP contribution in [0.4, 0.5) is 0 Å². The highest BCUT2D eigenvalue weighted by atomic mass is 35.5. The van der Waals surface area contributed by atoms with Gasteiger partial charge in [0.05, 0.1) is 4.90 Å². The Bertz CT molecular complexity index is 592. The smallest absolute Gasteiger partial charge is 0.240 e. The summed E-state index contributed by atoms with van der Waals surface area (Å²) >= 11 is 0. The molecule has 1 amide bonds. The fraction of sp³-hybridized carbons (Fsp3) is 0.533. The highest BCUT2D eigenvalue weighted by Gasteiger charge is 2.13. The number of halogens is 1. The Balaban J connectivity index is 0.00000288. The van der Waals surface area contributed by atoms with Gasteiger partial charge in [-0.3, -0.25) is 9.69 Å². The molecule has 0 saturated carbocycles. The number of rotatable bonds is 8. The van der Waals surface area contributed by atoms with Crippen LogP contribution in [-0.4, -0.2) is 65.0 Å². The summed E-state index contributed by atoms with van der Waals surface area (Å²) in [6, 6.07) is 8.13. The van der Waals surface area contributed by atoms with Crippen LogP contribution in [0.15, 0.2) is 35.2 Å². The van der Waals surface area contributed by atoms with E-state index >= 15 is 0 Å². The van der Waals surface area contributed by atoms with Gasteiger partial charge in [0.25, 0.3) is 0 Å². The van der Waals surface area contributed by atoms with E-state index < -0.39 is 10.0 Å². The minimum absolute atomic E-state index is 0. The average Bonchev–Trinajstić information content (AvgIpc) is 2.56. The predicted octanol–water partition coefficient (Wildman–Crippen LogP) is -0.202. The molecule has 24 heavy (non-hydrogen) atoms. The second-order valence-corrected chi connectivity index (χ2v) is 7.17. The largest absolute Gasteiger partial charge is 0.355 e. The molecule has 9 heteroatoms. The Morgan fingerprint density at radius 3 is 2.46 bits per heavy atom. The number of piperazine rings is 1. The van der Waals surface area contributed by atoms with E-state index in [2.05, 4.69) is 20.3 Å². The lowest BCUT2D eigenvalue weighted by Gasteiger charge is -2.27. The Hall–Kier alpha value is -1.19. The van der Waals surface area contributed by atoms with E-state index in [0.29, 0.717) is 6.54 Å². The molecule has 0 bridgehead atoms. The van der Waals surface area contributed by atoms with Crippen LogP contribution in [0.25, 0.3) is 0 Å². The Kier molecular flexibility index (Phi) is 9.24. The van der Waals surface area contributed by atoms with Crippen molar-refractivity contribution in [1.82, 2.24) is 20.3 Å². The number of nitrogens with one attached hydrogen (secondary N) is 3. The first-order valence-corrected chi connectivity index (χ1v) is 9.31. The average molecular weight is 377 g/mol. The number of carbonyl (C=O) groups is 1. The zero-order valence-electron chi connectivity index (χ0n) is 13.5. The summed E-state index contributed by atoms with van der Waals surface area (Å²) in [4.78, 5) is 14.2. The van der Waals surface area contributed by atoms with E-state index in [0.717, 1.165) is 32.7 Å². The summed E-state index contributed by atoms with van der Waals surface area (Å²) in [6.45, 7) is 5.45. The van der Waals surface area contributed by atoms with E-state index in [4.69, 9.17) is 0 Å². The molecule has 7 nitrogen and oxygen atoms in total. The van der Waals surface area contributed by atoms with Crippen molar-refractivity contribution < 1.29 is 13.2 Å². The number of nitrogens with zero attached hydrogens (tertiary/aromatic N) is 1. The maximum absolute atomic E-state index is 12.0. The van der Waals surface area contributed by atoms with Gasteiger partial charge in [-0.05, 0) is 12.1 Å². The molecule has 1 aromatic carbocycles. The molecule has 1 aromatic rings. The van der Waals surface area contributed by atoms with E-state index in [1.807, 2.05) is 0 Å². The first-order chi connectivity index (χ1) is 11.1. The predicted molar refractivity (Wildman–Crippen MR) is 95.8 cm³/mol. The van der Waals surface area contributed by atoms with Crippen molar-refractivity contribution in [2.75, 3.05) is 45.8 Å². The first kappa shape index (κ1) is 20.9. The Labute approximate surface area is 149 Å². The molecule has 0 spiro atoms. The van der Waals surface area contributed by atoms with Crippen LogP contribution in [-0.2, 0) is 14.8 Å². The van der Waals surface area contributed by atoms with E-state index in [1.54, 1.807) is 18.2 Å². The summed E-state index contributed by atoms with van der Waals surface area (Å²) in [6.07, 6.45) is 0.133. The summed E-state index contributed by atoms with van der Waals surface area (Å²) < 4.78 is 26.4. The van der Waals surface area contributed by atoms with Crippen LogP contribution in [0.5, 0.6) is 0 Å². The van der Waals surface area contributed by atoms with E-state index in [1.165, 1.54) is 12.1 Å². The Morgan fingerprint density at radius 2 is 1.79 bits per heavy atom. The van der Waals surface area contributed by atoms with Gasteiger partial charge in [-0.2, -0.15) is 0 Å². The van der Waals surface area contributed by atoms with Gasteiger partial charge in [-0.15, -0.1) is 12.4 Å². The van der Waals surface area contributed by atoms with Crippen LogP contribution in [0, 0.1) is 0 Å². The fourth-order valence-corrected chi connectivity index (χ4v) is 3.41.